The van der Waals surface area contributed by atoms with Gasteiger partial charge < -0.3 is 4.74 Å². The van der Waals surface area contributed by atoms with Crippen molar-refractivity contribution >= 4 is 6.29 Å². The van der Waals surface area contributed by atoms with Crippen LogP contribution < -0.4 is 4.74 Å². The van der Waals surface area contributed by atoms with Gasteiger partial charge in [0, 0.05) is 16.8 Å². The molecule has 0 fully saturated rings. The molecule has 1 aromatic carbocycles. The summed E-state index contributed by atoms with van der Waals surface area (Å²) in [6.07, 6.45) is 0.814. The minimum Gasteiger partial charge on any atom is -0.467 e. The summed E-state index contributed by atoms with van der Waals surface area (Å²) >= 11 is 0. The number of carbonyl (C=O) groups is 1. The highest BCUT2D eigenvalue weighted by Crippen LogP contribution is 2.20. The lowest BCUT2D eigenvalue weighted by molar-refractivity contribution is 0.112. The molecule has 0 aliphatic heterocycles. The van der Waals surface area contributed by atoms with Crippen molar-refractivity contribution in [1.29, 1.82) is 0 Å². The number of aromatic nitrogens is 2. The highest BCUT2D eigenvalue weighted by Gasteiger charge is 2.05. The van der Waals surface area contributed by atoms with Crippen LogP contribution in [0.5, 0.6) is 6.01 Å². The predicted octanol–water partition coefficient (Wildman–Crippen LogP) is 2.27. The monoisotopic (exact) mass is 228 g/mol. The first-order valence-electron chi connectivity index (χ1n) is 5.18. The second kappa shape index (κ2) is 4.74. The van der Waals surface area contributed by atoms with Gasteiger partial charge in [0.1, 0.15) is 6.29 Å². The quantitative estimate of drug-likeness (QED) is 0.756. The van der Waals surface area contributed by atoms with Crippen molar-refractivity contribution in [2.75, 3.05) is 7.11 Å². The van der Waals surface area contributed by atoms with Gasteiger partial charge in [-0.1, -0.05) is 18.2 Å². The molecule has 0 saturated heterocycles. The third-order valence-corrected chi connectivity index (χ3v) is 2.33. The summed E-state index contributed by atoms with van der Waals surface area (Å²) in [5, 5.41) is 0. The maximum atomic E-state index is 10.7. The number of aldehydes is 1. The molecule has 86 valence electrons. The molecule has 0 amide bonds. The molecule has 17 heavy (non-hydrogen) atoms. The maximum Gasteiger partial charge on any atom is 0.316 e. The molecule has 4 nitrogen and oxygen atoms in total. The molecule has 0 saturated carbocycles. The van der Waals surface area contributed by atoms with Crippen LogP contribution in [0.15, 0.2) is 30.3 Å². The molecule has 1 aromatic heterocycles. The van der Waals surface area contributed by atoms with Crippen molar-refractivity contribution in [3.8, 4) is 17.3 Å². The number of methoxy groups -OCH3 is 1. The highest BCUT2D eigenvalue weighted by atomic mass is 16.5. The third-order valence-electron chi connectivity index (χ3n) is 2.33. The molecule has 0 aliphatic rings. The van der Waals surface area contributed by atoms with E-state index in [1.807, 2.05) is 25.1 Å². The Balaban J connectivity index is 2.51. The van der Waals surface area contributed by atoms with E-state index in [-0.39, 0.29) is 0 Å². The van der Waals surface area contributed by atoms with Crippen LogP contribution in [0.2, 0.25) is 0 Å². The minimum atomic E-state index is 0.330. The first-order valence-corrected chi connectivity index (χ1v) is 5.18. The highest BCUT2D eigenvalue weighted by molar-refractivity contribution is 5.78. The fourth-order valence-corrected chi connectivity index (χ4v) is 1.55. The van der Waals surface area contributed by atoms with Crippen molar-refractivity contribution in [3.63, 3.8) is 0 Å². The van der Waals surface area contributed by atoms with Gasteiger partial charge in [-0.25, -0.2) is 4.98 Å². The van der Waals surface area contributed by atoms with E-state index in [1.54, 1.807) is 12.1 Å². The van der Waals surface area contributed by atoms with Crippen molar-refractivity contribution in [1.82, 2.24) is 9.97 Å². The van der Waals surface area contributed by atoms with Crippen LogP contribution in [-0.4, -0.2) is 23.4 Å². The molecule has 4 heteroatoms. The van der Waals surface area contributed by atoms with E-state index >= 15 is 0 Å². The van der Waals surface area contributed by atoms with Gasteiger partial charge in [-0.05, 0) is 19.1 Å². The first kappa shape index (κ1) is 11.3. The van der Waals surface area contributed by atoms with Crippen LogP contribution in [0.3, 0.4) is 0 Å². The van der Waals surface area contributed by atoms with Crippen LogP contribution >= 0.6 is 0 Å². The van der Waals surface area contributed by atoms with E-state index in [2.05, 4.69) is 9.97 Å². The number of hydrogen-bond acceptors (Lipinski definition) is 4. The molecule has 0 aliphatic carbocycles. The Morgan fingerprint density at radius 2 is 2.06 bits per heavy atom. The first-order chi connectivity index (χ1) is 8.22. The summed E-state index contributed by atoms with van der Waals surface area (Å²) in [5.41, 5.74) is 3.07. The fraction of sp³-hybridized carbons (Fsp3) is 0.154. The summed E-state index contributed by atoms with van der Waals surface area (Å²) < 4.78 is 5.02. The second-order valence-electron chi connectivity index (χ2n) is 3.62. The topological polar surface area (TPSA) is 52.1 Å². The van der Waals surface area contributed by atoms with E-state index in [0.717, 1.165) is 23.2 Å². The van der Waals surface area contributed by atoms with Crippen molar-refractivity contribution in [3.05, 3.63) is 41.6 Å². The minimum absolute atomic E-state index is 0.330. The number of rotatable bonds is 3. The predicted molar refractivity (Wildman–Crippen MR) is 64.1 cm³/mol. The van der Waals surface area contributed by atoms with Gasteiger partial charge in [0.05, 0.1) is 12.8 Å². The maximum absolute atomic E-state index is 10.7. The zero-order chi connectivity index (χ0) is 12.3. The second-order valence-corrected chi connectivity index (χ2v) is 3.62. The normalized spacial score (nSPS) is 10.0. The Labute approximate surface area is 99.3 Å². The SMILES string of the molecule is COc1nc(C)cc(-c2cccc(C=O)c2)n1. The van der Waals surface area contributed by atoms with Gasteiger partial charge in [0.2, 0.25) is 0 Å². The molecular weight excluding hydrogens is 216 g/mol. The van der Waals surface area contributed by atoms with Gasteiger partial charge in [-0.3, -0.25) is 4.79 Å². The molecule has 0 N–H and O–H groups in total. The molecule has 0 spiro atoms. The molecule has 0 unspecified atom stereocenters. The molecule has 2 aromatic rings. The van der Waals surface area contributed by atoms with E-state index in [4.69, 9.17) is 4.74 Å². The Morgan fingerprint density at radius 1 is 1.24 bits per heavy atom. The molecule has 0 bridgehead atoms. The summed E-state index contributed by atoms with van der Waals surface area (Å²) in [6, 6.07) is 9.44. The van der Waals surface area contributed by atoms with Crippen LogP contribution in [0.25, 0.3) is 11.3 Å². The molecule has 1 heterocycles. The molecular formula is C13H12N2O2. The van der Waals surface area contributed by atoms with Crippen LogP contribution in [0, 0.1) is 6.92 Å². The van der Waals surface area contributed by atoms with Crippen molar-refractivity contribution < 1.29 is 9.53 Å². The number of carbonyl (C=O) groups excluding carboxylic acids is 1. The Kier molecular flexibility index (Phi) is 3.14. The van der Waals surface area contributed by atoms with E-state index in [0.29, 0.717) is 11.6 Å². The number of hydrogen-bond donors (Lipinski definition) is 0. The Hall–Kier alpha value is -2.23. The van der Waals surface area contributed by atoms with Gasteiger partial charge >= 0.3 is 6.01 Å². The van der Waals surface area contributed by atoms with Gasteiger partial charge in [0.15, 0.2) is 0 Å². The number of benzene rings is 1. The Morgan fingerprint density at radius 3 is 2.76 bits per heavy atom. The number of nitrogens with zero attached hydrogens (tertiary/aromatic N) is 2. The zero-order valence-electron chi connectivity index (χ0n) is 9.68. The molecule has 0 radical (unpaired) electrons. The number of ether oxygens (including phenoxy) is 1. The van der Waals surface area contributed by atoms with Crippen LogP contribution in [-0.2, 0) is 0 Å². The Bertz CT molecular complexity index is 553. The standard InChI is InChI=1S/C13H12N2O2/c1-9-6-12(15-13(14-9)17-2)11-5-3-4-10(7-11)8-16/h3-8H,1-2H3. The van der Waals surface area contributed by atoms with Crippen molar-refractivity contribution in [2.45, 2.75) is 6.92 Å². The summed E-state index contributed by atoms with van der Waals surface area (Å²) in [7, 11) is 1.53. The van der Waals surface area contributed by atoms with E-state index in [1.165, 1.54) is 7.11 Å². The largest absolute Gasteiger partial charge is 0.467 e. The van der Waals surface area contributed by atoms with Crippen LogP contribution in [0.4, 0.5) is 0 Å². The lowest BCUT2D eigenvalue weighted by Gasteiger charge is -2.05. The summed E-state index contributed by atoms with van der Waals surface area (Å²) in [5.74, 6) is 0. The average Bonchev–Trinajstić information content (AvgIpc) is 2.38. The summed E-state index contributed by atoms with van der Waals surface area (Å²) in [4.78, 5) is 19.1. The van der Waals surface area contributed by atoms with E-state index in [9.17, 15) is 4.79 Å². The van der Waals surface area contributed by atoms with Gasteiger partial charge in [0.25, 0.3) is 0 Å². The lowest BCUT2D eigenvalue weighted by atomic mass is 10.1. The van der Waals surface area contributed by atoms with Gasteiger partial charge in [-0.15, -0.1) is 0 Å². The third kappa shape index (κ3) is 2.47. The number of aryl methyl sites for hydroxylation is 1. The zero-order valence-corrected chi connectivity index (χ0v) is 9.68. The smallest absolute Gasteiger partial charge is 0.316 e. The average molecular weight is 228 g/mol. The van der Waals surface area contributed by atoms with Gasteiger partial charge in [-0.2, -0.15) is 4.98 Å². The summed E-state index contributed by atoms with van der Waals surface area (Å²) in [6.45, 7) is 1.87. The molecule has 2 rings (SSSR count). The molecule has 0 atom stereocenters. The van der Waals surface area contributed by atoms with E-state index < -0.39 is 0 Å². The lowest BCUT2D eigenvalue weighted by Crippen LogP contribution is -1.96. The fourth-order valence-electron chi connectivity index (χ4n) is 1.55. The van der Waals surface area contributed by atoms with Crippen molar-refractivity contribution in [2.24, 2.45) is 0 Å². The van der Waals surface area contributed by atoms with Crippen LogP contribution in [0.1, 0.15) is 16.1 Å².